The third-order valence-electron chi connectivity index (χ3n) is 7.59. The lowest BCUT2D eigenvalue weighted by atomic mass is 9.87. The molecule has 11 heteroatoms. The van der Waals surface area contributed by atoms with Crippen molar-refractivity contribution in [1.82, 2.24) is 20.1 Å². The number of rotatable bonds is 7. The zero-order chi connectivity index (χ0) is 29.7. The second-order valence-electron chi connectivity index (χ2n) is 12.3. The first kappa shape index (κ1) is 30.9. The number of likely N-dealkylation sites (tertiary alicyclic amines) is 2. The Morgan fingerprint density at radius 2 is 1.85 bits per heavy atom. The number of anilines is 1. The van der Waals surface area contributed by atoms with E-state index in [1.165, 1.54) is 19.1 Å². The Morgan fingerprint density at radius 3 is 2.51 bits per heavy atom. The number of amides is 3. The van der Waals surface area contributed by atoms with Gasteiger partial charge >= 0.3 is 12.1 Å². The van der Waals surface area contributed by atoms with E-state index in [1.807, 2.05) is 32.9 Å². The molecule has 2 aliphatic rings. The molecule has 2 N–H and O–H groups in total. The second kappa shape index (κ2) is 13.3. The largest absolute Gasteiger partial charge is 0.444 e. The molecule has 3 heterocycles. The molecule has 3 amide bonds. The van der Waals surface area contributed by atoms with Crippen molar-refractivity contribution in [3.63, 3.8) is 0 Å². The predicted molar refractivity (Wildman–Crippen MR) is 158 cm³/mol. The lowest BCUT2D eigenvalue weighted by Gasteiger charge is -2.42. The van der Waals surface area contributed by atoms with Gasteiger partial charge in [-0.1, -0.05) is 23.5 Å². The Hall–Kier alpha value is -3.05. The van der Waals surface area contributed by atoms with E-state index in [0.717, 1.165) is 62.2 Å². The highest BCUT2D eigenvalue weighted by atomic mass is 32.1. The minimum atomic E-state index is -0.612. The van der Waals surface area contributed by atoms with Gasteiger partial charge in [-0.05, 0) is 89.5 Å². The molecule has 2 fully saturated rings. The number of nitrogens with one attached hydrogen (secondary N) is 2. The average Bonchev–Trinajstić information content (AvgIpc) is 3.25. The molecule has 0 saturated carbocycles. The van der Waals surface area contributed by atoms with E-state index in [9.17, 15) is 18.8 Å². The second-order valence-corrected chi connectivity index (χ2v) is 13.3. The number of hydrogen-bond acceptors (Lipinski definition) is 7. The quantitative estimate of drug-likeness (QED) is 0.415. The van der Waals surface area contributed by atoms with E-state index >= 15 is 0 Å². The first-order valence-electron chi connectivity index (χ1n) is 14.4. The molecule has 1 aromatic heterocycles. The zero-order valence-corrected chi connectivity index (χ0v) is 25.5. The molecule has 3 atom stereocenters. The highest BCUT2D eigenvalue weighted by Gasteiger charge is 2.36. The van der Waals surface area contributed by atoms with Gasteiger partial charge < -0.3 is 19.9 Å². The standard InChI is InChI=1S/C30H42FN5O4S/c1-19-26(20(2)37)41-28(32-19)34-27(38)33-25-18-36(29(39)40-30(3,4)5)14-12-23(25)17-35-13-6-7-22(16-35)15-21-8-10-24(31)11-9-21/h8-11,22-23,25H,6-7,12-18H2,1-5H3,(H2,32,33,34,38)/t22-,23-,25-/m0/s1. The summed E-state index contributed by atoms with van der Waals surface area (Å²) in [7, 11) is 0. The van der Waals surface area contributed by atoms with Gasteiger partial charge in [0, 0.05) is 33.1 Å². The van der Waals surface area contributed by atoms with Crippen LogP contribution in [0.1, 0.15) is 67.9 Å². The summed E-state index contributed by atoms with van der Waals surface area (Å²) in [6.07, 6.45) is 3.47. The van der Waals surface area contributed by atoms with E-state index in [2.05, 4.69) is 20.5 Å². The summed E-state index contributed by atoms with van der Waals surface area (Å²) < 4.78 is 19.0. The van der Waals surface area contributed by atoms with Gasteiger partial charge in [-0.3, -0.25) is 10.1 Å². The Kier molecular flexibility index (Phi) is 10.0. The number of hydrogen-bond donors (Lipinski definition) is 2. The molecule has 0 radical (unpaired) electrons. The molecule has 0 spiro atoms. The first-order chi connectivity index (χ1) is 19.4. The van der Waals surface area contributed by atoms with Crippen molar-refractivity contribution in [2.75, 3.05) is 38.0 Å². The number of aromatic nitrogens is 1. The van der Waals surface area contributed by atoms with Crippen molar-refractivity contribution in [1.29, 1.82) is 0 Å². The number of aryl methyl sites for hydroxylation is 1. The van der Waals surface area contributed by atoms with Gasteiger partial charge in [0.15, 0.2) is 10.9 Å². The number of halogens is 1. The molecular weight excluding hydrogens is 545 g/mol. The van der Waals surface area contributed by atoms with Crippen LogP contribution in [-0.2, 0) is 11.2 Å². The van der Waals surface area contributed by atoms with Crippen molar-refractivity contribution >= 4 is 34.4 Å². The zero-order valence-electron chi connectivity index (χ0n) is 24.7. The summed E-state index contributed by atoms with van der Waals surface area (Å²) in [5, 5.41) is 6.23. The van der Waals surface area contributed by atoms with Crippen molar-refractivity contribution in [2.45, 2.75) is 71.9 Å². The summed E-state index contributed by atoms with van der Waals surface area (Å²) in [5.74, 6) is 0.306. The third kappa shape index (κ3) is 8.97. The van der Waals surface area contributed by atoms with E-state index in [1.54, 1.807) is 11.8 Å². The summed E-state index contributed by atoms with van der Waals surface area (Å²) in [4.78, 5) is 46.7. The van der Waals surface area contributed by atoms with Crippen molar-refractivity contribution in [2.24, 2.45) is 11.8 Å². The lowest BCUT2D eigenvalue weighted by Crippen LogP contribution is -2.58. The van der Waals surface area contributed by atoms with E-state index in [4.69, 9.17) is 4.74 Å². The first-order valence-corrected chi connectivity index (χ1v) is 15.2. The van der Waals surface area contributed by atoms with Crippen molar-refractivity contribution < 1.29 is 23.5 Å². The molecule has 2 aliphatic heterocycles. The number of thiazole rings is 1. The van der Waals surface area contributed by atoms with Crippen LogP contribution in [0.2, 0.25) is 0 Å². The van der Waals surface area contributed by atoms with E-state index in [0.29, 0.717) is 34.7 Å². The van der Waals surface area contributed by atoms with Gasteiger partial charge in [0.1, 0.15) is 11.4 Å². The maximum absolute atomic E-state index is 13.4. The molecule has 41 heavy (non-hydrogen) atoms. The smallest absolute Gasteiger partial charge is 0.410 e. The number of carbonyl (C=O) groups is 3. The summed E-state index contributed by atoms with van der Waals surface area (Å²) in [6.45, 7) is 12.4. The Labute approximate surface area is 245 Å². The Balaban J connectivity index is 1.42. The number of benzene rings is 1. The molecule has 2 saturated heterocycles. The maximum atomic E-state index is 13.4. The van der Waals surface area contributed by atoms with Crippen LogP contribution < -0.4 is 10.6 Å². The maximum Gasteiger partial charge on any atom is 0.410 e. The topological polar surface area (TPSA) is 104 Å². The van der Waals surface area contributed by atoms with Gasteiger partial charge in [0.05, 0.1) is 16.6 Å². The van der Waals surface area contributed by atoms with Gasteiger partial charge in [-0.15, -0.1) is 0 Å². The van der Waals surface area contributed by atoms with Crippen molar-refractivity contribution in [3.05, 3.63) is 46.2 Å². The number of ether oxygens (including phenoxy) is 1. The molecule has 0 aliphatic carbocycles. The molecule has 9 nitrogen and oxygen atoms in total. The average molecular weight is 588 g/mol. The van der Waals surface area contributed by atoms with Gasteiger partial charge in [0.2, 0.25) is 0 Å². The van der Waals surface area contributed by atoms with Crippen LogP contribution in [0.5, 0.6) is 0 Å². The monoisotopic (exact) mass is 587 g/mol. The van der Waals surface area contributed by atoms with Crippen LogP contribution in [0.25, 0.3) is 0 Å². The minimum Gasteiger partial charge on any atom is -0.444 e. The highest BCUT2D eigenvalue weighted by Crippen LogP contribution is 2.27. The number of piperidine rings is 2. The van der Waals surface area contributed by atoms with Crippen LogP contribution >= 0.6 is 11.3 Å². The predicted octanol–water partition coefficient (Wildman–Crippen LogP) is 5.50. The molecule has 4 rings (SSSR count). The Morgan fingerprint density at radius 1 is 1.12 bits per heavy atom. The highest BCUT2D eigenvalue weighted by molar-refractivity contribution is 7.17. The van der Waals surface area contributed by atoms with Crippen LogP contribution in [0.4, 0.5) is 19.1 Å². The van der Waals surface area contributed by atoms with E-state index < -0.39 is 11.6 Å². The normalized spacial score (nSPS) is 21.8. The van der Waals surface area contributed by atoms with Crippen LogP contribution in [0.3, 0.4) is 0 Å². The van der Waals surface area contributed by atoms with Crippen LogP contribution in [0.15, 0.2) is 24.3 Å². The van der Waals surface area contributed by atoms with Crippen LogP contribution in [0, 0.1) is 24.6 Å². The fourth-order valence-corrected chi connectivity index (χ4v) is 6.58. The van der Waals surface area contributed by atoms with Crippen LogP contribution in [-0.4, -0.2) is 77.1 Å². The number of urea groups is 1. The Bertz CT molecular complexity index is 1230. The molecule has 0 unspecified atom stereocenters. The summed E-state index contributed by atoms with van der Waals surface area (Å²) >= 11 is 1.15. The number of ketones is 1. The van der Waals surface area contributed by atoms with Gasteiger partial charge in [0.25, 0.3) is 0 Å². The SMILES string of the molecule is CC(=O)c1sc(NC(=O)N[C@H]2CN(C(=O)OC(C)(C)C)CC[C@H]2CN2CCC[C@@H](Cc3ccc(F)cc3)C2)nc1C. The van der Waals surface area contributed by atoms with E-state index in [-0.39, 0.29) is 29.7 Å². The van der Waals surface area contributed by atoms with Gasteiger partial charge in [-0.2, -0.15) is 0 Å². The summed E-state index contributed by atoms with van der Waals surface area (Å²) in [6, 6.07) is 6.06. The molecule has 224 valence electrons. The number of carbonyl (C=O) groups excluding carboxylic acids is 3. The minimum absolute atomic E-state index is 0.0898. The number of Topliss-reactive ketones (excluding diaryl/α,β-unsaturated/α-hetero) is 1. The molecular formula is C30H42FN5O4S. The van der Waals surface area contributed by atoms with Crippen molar-refractivity contribution in [3.8, 4) is 0 Å². The van der Waals surface area contributed by atoms with Gasteiger partial charge in [-0.25, -0.2) is 19.0 Å². The third-order valence-corrected chi connectivity index (χ3v) is 8.77. The fraction of sp³-hybridized carbons (Fsp3) is 0.600. The number of nitrogens with zero attached hydrogens (tertiary/aromatic N) is 3. The molecule has 2 aromatic rings. The summed E-state index contributed by atoms with van der Waals surface area (Å²) in [5.41, 5.74) is 1.12. The lowest BCUT2D eigenvalue weighted by molar-refractivity contribution is 0.0114. The molecule has 1 aromatic carbocycles. The molecule has 0 bridgehead atoms. The fourth-order valence-electron chi connectivity index (χ4n) is 5.72.